The standard InChI is InChI=1S/C22H21Cl3N2/c23-18-9-10-19(20(24)12-18)22(27-13-21(25)26-14-27)17-8-4-7-16(11-17)15-5-2-1-3-6-15/h4,7-15,22H,1-3,5-6H2. The number of benzene rings is 2. The number of nitrogens with zero attached hydrogens (tertiary/aromatic N) is 2. The molecule has 27 heavy (non-hydrogen) atoms. The van der Waals surface area contributed by atoms with Gasteiger partial charge < -0.3 is 4.57 Å². The van der Waals surface area contributed by atoms with E-state index in [0.29, 0.717) is 21.1 Å². The first-order valence-corrected chi connectivity index (χ1v) is 10.5. The van der Waals surface area contributed by atoms with Gasteiger partial charge >= 0.3 is 0 Å². The van der Waals surface area contributed by atoms with Gasteiger partial charge in [0, 0.05) is 16.2 Å². The third-order valence-corrected chi connectivity index (χ3v) is 6.19. The summed E-state index contributed by atoms with van der Waals surface area (Å²) in [6.07, 6.45) is 10.1. The predicted molar refractivity (Wildman–Crippen MR) is 113 cm³/mol. The maximum Gasteiger partial charge on any atom is 0.147 e. The summed E-state index contributed by atoms with van der Waals surface area (Å²) in [6.45, 7) is 0. The van der Waals surface area contributed by atoms with Gasteiger partial charge in [0.15, 0.2) is 0 Å². The monoisotopic (exact) mass is 418 g/mol. The average Bonchev–Trinajstić information content (AvgIpc) is 3.11. The van der Waals surface area contributed by atoms with E-state index >= 15 is 0 Å². The second-order valence-corrected chi connectivity index (χ2v) is 8.45. The van der Waals surface area contributed by atoms with Crippen LogP contribution in [0.5, 0.6) is 0 Å². The van der Waals surface area contributed by atoms with Gasteiger partial charge in [-0.2, -0.15) is 0 Å². The van der Waals surface area contributed by atoms with Crippen LogP contribution in [0.25, 0.3) is 0 Å². The Labute approximate surface area is 175 Å². The van der Waals surface area contributed by atoms with Crippen LogP contribution >= 0.6 is 34.8 Å². The van der Waals surface area contributed by atoms with E-state index in [1.807, 2.05) is 22.9 Å². The van der Waals surface area contributed by atoms with Crippen molar-refractivity contribution in [1.29, 1.82) is 0 Å². The van der Waals surface area contributed by atoms with Crippen LogP contribution in [0.2, 0.25) is 15.2 Å². The Balaban J connectivity index is 1.79. The molecule has 2 aromatic carbocycles. The minimum atomic E-state index is -0.0988. The van der Waals surface area contributed by atoms with Gasteiger partial charge in [0.25, 0.3) is 0 Å². The van der Waals surface area contributed by atoms with Gasteiger partial charge in [-0.3, -0.25) is 0 Å². The van der Waals surface area contributed by atoms with Gasteiger partial charge in [0.05, 0.1) is 12.4 Å². The minimum Gasteiger partial charge on any atom is -0.324 e. The summed E-state index contributed by atoms with van der Waals surface area (Å²) in [5.41, 5.74) is 3.57. The predicted octanol–water partition coefficient (Wildman–Crippen LogP) is 7.53. The van der Waals surface area contributed by atoms with Gasteiger partial charge in [0.2, 0.25) is 0 Å². The third-order valence-electron chi connectivity index (χ3n) is 5.43. The highest BCUT2D eigenvalue weighted by Gasteiger charge is 2.22. The Bertz CT molecular complexity index is 929. The fourth-order valence-corrected chi connectivity index (χ4v) is 4.78. The fraction of sp³-hybridized carbons (Fsp3) is 0.318. The van der Waals surface area contributed by atoms with Crippen molar-refractivity contribution < 1.29 is 0 Å². The number of imidazole rings is 1. The Kier molecular flexibility index (Phi) is 5.77. The van der Waals surface area contributed by atoms with Gasteiger partial charge in [-0.05, 0) is 47.6 Å². The highest BCUT2D eigenvalue weighted by atomic mass is 35.5. The van der Waals surface area contributed by atoms with Crippen LogP contribution in [0.4, 0.5) is 0 Å². The molecule has 4 rings (SSSR count). The molecule has 1 atom stereocenters. The third kappa shape index (κ3) is 4.18. The first-order valence-electron chi connectivity index (χ1n) is 9.35. The molecule has 1 unspecified atom stereocenters. The van der Waals surface area contributed by atoms with Gasteiger partial charge in [-0.15, -0.1) is 0 Å². The second kappa shape index (κ2) is 8.26. The van der Waals surface area contributed by atoms with Crippen LogP contribution in [0, 0.1) is 0 Å². The summed E-state index contributed by atoms with van der Waals surface area (Å²) in [6, 6.07) is 14.4. The van der Waals surface area contributed by atoms with Crippen LogP contribution in [-0.4, -0.2) is 9.55 Å². The van der Waals surface area contributed by atoms with Crippen LogP contribution in [0.3, 0.4) is 0 Å². The minimum absolute atomic E-state index is 0.0988. The van der Waals surface area contributed by atoms with Crippen molar-refractivity contribution in [3.63, 3.8) is 0 Å². The molecular weight excluding hydrogens is 399 g/mol. The molecule has 0 spiro atoms. The van der Waals surface area contributed by atoms with Crippen molar-refractivity contribution in [2.24, 2.45) is 0 Å². The van der Waals surface area contributed by atoms with Gasteiger partial charge in [-0.25, -0.2) is 4.98 Å². The number of rotatable bonds is 4. The van der Waals surface area contributed by atoms with E-state index in [1.54, 1.807) is 12.4 Å². The van der Waals surface area contributed by atoms with E-state index in [1.165, 1.54) is 43.2 Å². The van der Waals surface area contributed by atoms with Crippen LogP contribution < -0.4 is 0 Å². The van der Waals surface area contributed by atoms with E-state index in [0.717, 1.165) is 5.56 Å². The maximum atomic E-state index is 6.57. The van der Waals surface area contributed by atoms with E-state index < -0.39 is 0 Å². The molecular formula is C22H21Cl3N2. The molecule has 5 heteroatoms. The lowest BCUT2D eigenvalue weighted by molar-refractivity contribution is 0.443. The summed E-state index contributed by atoms with van der Waals surface area (Å²) < 4.78 is 2.01. The van der Waals surface area contributed by atoms with Crippen LogP contribution in [0.1, 0.15) is 60.8 Å². The molecule has 0 bridgehead atoms. The smallest absolute Gasteiger partial charge is 0.147 e. The maximum absolute atomic E-state index is 6.57. The number of hydrogen-bond acceptors (Lipinski definition) is 1. The summed E-state index contributed by atoms with van der Waals surface area (Å²) >= 11 is 18.8. The zero-order valence-electron chi connectivity index (χ0n) is 14.9. The van der Waals surface area contributed by atoms with E-state index in [9.17, 15) is 0 Å². The molecule has 140 valence electrons. The highest BCUT2D eigenvalue weighted by Crippen LogP contribution is 2.37. The van der Waals surface area contributed by atoms with Crippen molar-refractivity contribution in [3.05, 3.63) is 86.9 Å². The molecule has 2 nitrogen and oxygen atoms in total. The molecule has 0 saturated heterocycles. The molecule has 1 saturated carbocycles. The van der Waals surface area contributed by atoms with Gasteiger partial charge in [0.1, 0.15) is 5.15 Å². The second-order valence-electron chi connectivity index (χ2n) is 7.22. The molecule has 1 fully saturated rings. The Hall–Kier alpha value is -1.48. The number of halogens is 3. The molecule has 1 heterocycles. The summed E-state index contributed by atoms with van der Waals surface area (Å²) in [5.74, 6) is 0.645. The van der Waals surface area contributed by atoms with Crippen molar-refractivity contribution in [1.82, 2.24) is 9.55 Å². The van der Waals surface area contributed by atoms with Gasteiger partial charge in [-0.1, -0.05) is 84.4 Å². The summed E-state index contributed by atoms with van der Waals surface area (Å²) in [5, 5.41) is 1.73. The van der Waals surface area contributed by atoms with Crippen molar-refractivity contribution in [3.8, 4) is 0 Å². The molecule has 0 N–H and O–H groups in total. The highest BCUT2D eigenvalue weighted by molar-refractivity contribution is 6.35. The topological polar surface area (TPSA) is 17.8 Å². The molecule has 0 amide bonds. The molecule has 1 aliphatic rings. The van der Waals surface area contributed by atoms with E-state index in [-0.39, 0.29) is 6.04 Å². The van der Waals surface area contributed by atoms with E-state index in [2.05, 4.69) is 29.2 Å². The molecule has 1 aliphatic carbocycles. The quantitative estimate of drug-likeness (QED) is 0.427. The fourth-order valence-electron chi connectivity index (χ4n) is 4.11. The average molecular weight is 420 g/mol. The Morgan fingerprint density at radius 3 is 2.48 bits per heavy atom. The Morgan fingerprint density at radius 2 is 1.78 bits per heavy atom. The zero-order valence-corrected chi connectivity index (χ0v) is 17.2. The first kappa shape index (κ1) is 18.9. The van der Waals surface area contributed by atoms with Crippen molar-refractivity contribution in [2.75, 3.05) is 0 Å². The number of aromatic nitrogens is 2. The molecule has 1 aromatic heterocycles. The normalized spacial score (nSPS) is 16.4. The lowest BCUT2D eigenvalue weighted by Gasteiger charge is -2.25. The lowest BCUT2D eigenvalue weighted by atomic mass is 9.83. The molecule has 0 aliphatic heterocycles. The van der Waals surface area contributed by atoms with Crippen molar-refractivity contribution >= 4 is 34.8 Å². The van der Waals surface area contributed by atoms with Crippen LogP contribution in [-0.2, 0) is 0 Å². The van der Waals surface area contributed by atoms with Crippen molar-refractivity contribution in [2.45, 2.75) is 44.1 Å². The van der Waals surface area contributed by atoms with E-state index in [4.69, 9.17) is 34.8 Å². The first-order chi connectivity index (χ1) is 13.1. The Morgan fingerprint density at radius 1 is 0.963 bits per heavy atom. The molecule has 3 aromatic rings. The zero-order chi connectivity index (χ0) is 18.8. The summed E-state index contributed by atoms with van der Waals surface area (Å²) in [4.78, 5) is 4.21. The molecule has 0 radical (unpaired) electrons. The SMILES string of the molecule is Clc1ccc(C(c2cccc(C3CCCCC3)c2)n2cnc(Cl)c2)c(Cl)c1. The van der Waals surface area contributed by atoms with Crippen LogP contribution in [0.15, 0.2) is 55.0 Å². The summed E-state index contributed by atoms with van der Waals surface area (Å²) in [7, 11) is 0. The number of hydrogen-bond donors (Lipinski definition) is 0. The lowest BCUT2D eigenvalue weighted by Crippen LogP contribution is -2.12. The largest absolute Gasteiger partial charge is 0.324 e.